The number of aryl methyl sites for hydroxylation is 2. The molecule has 1 heterocycles. The number of hydrogen-bond acceptors (Lipinski definition) is 6. The van der Waals surface area contributed by atoms with E-state index in [1.807, 2.05) is 57.2 Å². The predicted molar refractivity (Wildman–Crippen MR) is 132 cm³/mol. The van der Waals surface area contributed by atoms with Crippen molar-refractivity contribution in [2.75, 3.05) is 19.8 Å². The van der Waals surface area contributed by atoms with Crippen molar-refractivity contribution in [2.45, 2.75) is 27.7 Å². The lowest BCUT2D eigenvalue weighted by Gasteiger charge is -2.13. The van der Waals surface area contributed by atoms with E-state index in [1.54, 1.807) is 17.9 Å². The highest BCUT2D eigenvalue weighted by Gasteiger charge is 2.32. The highest BCUT2D eigenvalue weighted by molar-refractivity contribution is 9.10. The third kappa shape index (κ3) is 5.61. The van der Waals surface area contributed by atoms with Crippen LogP contribution in [0.4, 0.5) is 5.69 Å². The summed E-state index contributed by atoms with van der Waals surface area (Å²) in [5, 5.41) is 0.676. The zero-order chi connectivity index (χ0) is 23.3. The number of esters is 1. The number of carbonyl (C=O) groups excluding carboxylic acids is 2. The Labute approximate surface area is 200 Å². The average Bonchev–Trinajstić information content (AvgIpc) is 3.04. The van der Waals surface area contributed by atoms with Crippen LogP contribution in [0, 0.1) is 13.8 Å². The van der Waals surface area contributed by atoms with E-state index in [1.165, 1.54) is 11.8 Å². The molecule has 0 aromatic heterocycles. The molecule has 1 amide bonds. The summed E-state index contributed by atoms with van der Waals surface area (Å²) in [5.74, 6) is 0.0354. The fourth-order valence-corrected chi connectivity index (χ4v) is 4.72. The molecule has 1 saturated heterocycles. The number of halogens is 1. The van der Waals surface area contributed by atoms with E-state index in [0.29, 0.717) is 33.4 Å². The highest BCUT2D eigenvalue weighted by Crippen LogP contribution is 2.36. The zero-order valence-corrected chi connectivity index (χ0v) is 20.9. The van der Waals surface area contributed by atoms with E-state index in [-0.39, 0.29) is 12.5 Å². The van der Waals surface area contributed by atoms with Crippen molar-refractivity contribution >= 4 is 56.5 Å². The fraction of sp³-hybridized carbons (Fsp3) is 0.292. The minimum absolute atomic E-state index is 0.0683. The predicted octanol–water partition coefficient (Wildman–Crippen LogP) is 5.63. The van der Waals surface area contributed by atoms with Gasteiger partial charge in [-0.25, -0.2) is 9.79 Å². The summed E-state index contributed by atoms with van der Waals surface area (Å²) in [7, 11) is 0. The number of nitrogens with zero attached hydrogens (tertiary/aromatic N) is 2. The molecule has 0 N–H and O–H groups in total. The van der Waals surface area contributed by atoms with Crippen LogP contribution in [0.5, 0.6) is 5.75 Å². The molecule has 168 valence electrons. The minimum atomic E-state index is -0.422. The minimum Gasteiger partial charge on any atom is -0.481 e. The number of amides is 1. The molecular weight excluding hydrogens is 492 g/mol. The molecule has 8 heteroatoms. The van der Waals surface area contributed by atoms with Crippen LogP contribution in [0.2, 0.25) is 0 Å². The van der Waals surface area contributed by atoms with Crippen molar-refractivity contribution in [2.24, 2.45) is 4.99 Å². The number of carbonyl (C=O) groups is 2. The number of para-hydroxylation sites is 1. The molecule has 6 nitrogen and oxygen atoms in total. The van der Waals surface area contributed by atoms with Crippen molar-refractivity contribution in [3.8, 4) is 5.75 Å². The zero-order valence-electron chi connectivity index (χ0n) is 18.5. The maximum absolute atomic E-state index is 13.0. The second-order valence-electron chi connectivity index (χ2n) is 7.08. The molecule has 0 bridgehead atoms. The second-order valence-corrected chi connectivity index (χ2v) is 8.94. The number of amidine groups is 1. The van der Waals surface area contributed by atoms with Crippen molar-refractivity contribution in [3.63, 3.8) is 0 Å². The molecule has 2 aromatic rings. The van der Waals surface area contributed by atoms with Crippen LogP contribution < -0.4 is 4.74 Å². The number of ether oxygens (including phenoxy) is 2. The smallest absolute Gasteiger partial charge is 0.344 e. The van der Waals surface area contributed by atoms with Gasteiger partial charge in [0.25, 0.3) is 5.91 Å². The van der Waals surface area contributed by atoms with Crippen molar-refractivity contribution in [1.82, 2.24) is 4.90 Å². The van der Waals surface area contributed by atoms with E-state index in [0.717, 1.165) is 22.4 Å². The number of rotatable bonds is 7. The lowest BCUT2D eigenvalue weighted by Crippen LogP contribution is -2.28. The number of likely N-dealkylation sites (N-methyl/N-ethyl adjacent to an activating group) is 1. The van der Waals surface area contributed by atoms with E-state index in [2.05, 4.69) is 15.9 Å². The summed E-state index contributed by atoms with van der Waals surface area (Å²) in [4.78, 5) is 31.6. The van der Waals surface area contributed by atoms with E-state index in [9.17, 15) is 9.59 Å². The van der Waals surface area contributed by atoms with Gasteiger partial charge in [0.1, 0.15) is 5.75 Å². The van der Waals surface area contributed by atoms with Crippen molar-refractivity contribution in [1.29, 1.82) is 0 Å². The van der Waals surface area contributed by atoms with Crippen LogP contribution >= 0.6 is 27.7 Å². The van der Waals surface area contributed by atoms with E-state index < -0.39 is 5.97 Å². The van der Waals surface area contributed by atoms with Gasteiger partial charge in [-0.1, -0.05) is 24.3 Å². The summed E-state index contributed by atoms with van der Waals surface area (Å²) in [6, 6.07) is 11.5. The molecule has 0 spiro atoms. The maximum atomic E-state index is 13.0. The summed E-state index contributed by atoms with van der Waals surface area (Å²) >= 11 is 4.83. The van der Waals surface area contributed by atoms with Crippen LogP contribution in [0.1, 0.15) is 30.5 Å². The Morgan fingerprint density at radius 3 is 2.53 bits per heavy atom. The monoisotopic (exact) mass is 516 g/mol. The van der Waals surface area contributed by atoms with Gasteiger partial charge in [-0.3, -0.25) is 9.69 Å². The Morgan fingerprint density at radius 1 is 1.19 bits per heavy atom. The molecule has 1 aliphatic heterocycles. The average molecular weight is 517 g/mol. The third-order valence-corrected chi connectivity index (χ3v) is 6.38. The van der Waals surface area contributed by atoms with Gasteiger partial charge in [0, 0.05) is 6.54 Å². The molecule has 2 aromatic carbocycles. The number of aliphatic imine (C=N–C) groups is 1. The first-order chi connectivity index (χ1) is 15.3. The Balaban J connectivity index is 1.83. The molecule has 3 rings (SSSR count). The molecule has 0 radical (unpaired) electrons. The van der Waals surface area contributed by atoms with Gasteiger partial charge in [-0.2, -0.15) is 0 Å². The number of benzene rings is 2. The van der Waals surface area contributed by atoms with Gasteiger partial charge in [-0.05, 0) is 90.3 Å². The van der Waals surface area contributed by atoms with Crippen LogP contribution in [0.25, 0.3) is 6.08 Å². The summed E-state index contributed by atoms with van der Waals surface area (Å²) < 4.78 is 11.1. The van der Waals surface area contributed by atoms with Crippen LogP contribution in [-0.4, -0.2) is 41.7 Å². The van der Waals surface area contributed by atoms with Gasteiger partial charge in [-0.15, -0.1) is 0 Å². The Hall–Kier alpha value is -2.58. The quantitative estimate of drug-likeness (QED) is 0.352. The first kappa shape index (κ1) is 24.1. The first-order valence-corrected chi connectivity index (χ1v) is 11.9. The largest absolute Gasteiger partial charge is 0.481 e. The highest BCUT2D eigenvalue weighted by atomic mass is 79.9. The van der Waals surface area contributed by atoms with Gasteiger partial charge in [0.15, 0.2) is 11.8 Å². The lowest BCUT2D eigenvalue weighted by atomic mass is 10.1. The van der Waals surface area contributed by atoms with Crippen LogP contribution in [0.15, 0.2) is 50.8 Å². The first-order valence-electron chi connectivity index (χ1n) is 10.3. The van der Waals surface area contributed by atoms with Gasteiger partial charge < -0.3 is 9.47 Å². The van der Waals surface area contributed by atoms with Gasteiger partial charge in [0.2, 0.25) is 0 Å². The number of thioether (sulfide) groups is 1. The van der Waals surface area contributed by atoms with Gasteiger partial charge in [0.05, 0.1) is 21.7 Å². The molecule has 0 unspecified atom stereocenters. The second kappa shape index (κ2) is 10.8. The lowest BCUT2D eigenvalue weighted by molar-refractivity contribution is -0.145. The Bertz CT molecular complexity index is 1080. The molecule has 0 aliphatic carbocycles. The SMILES string of the molecule is CCOC(=O)COc1ccc(/C=C2/SC(=Nc3c(C)cccc3C)N(CC)C2=O)cc1Br. The standard InChI is InChI=1S/C24H25BrN2O4S/c1-5-27-23(29)20(32-24(27)26-22-15(3)8-7-9-16(22)4)13-17-10-11-19(18(25)12-17)31-14-21(28)30-6-2/h7-13H,5-6,14H2,1-4H3/b20-13+,26-24?. The van der Waals surface area contributed by atoms with E-state index in [4.69, 9.17) is 14.5 Å². The topological polar surface area (TPSA) is 68.2 Å². The van der Waals surface area contributed by atoms with E-state index >= 15 is 0 Å². The molecule has 32 heavy (non-hydrogen) atoms. The Morgan fingerprint density at radius 2 is 1.91 bits per heavy atom. The fourth-order valence-electron chi connectivity index (χ4n) is 3.16. The van der Waals surface area contributed by atoms with Crippen LogP contribution in [-0.2, 0) is 14.3 Å². The van der Waals surface area contributed by atoms with Gasteiger partial charge >= 0.3 is 5.97 Å². The molecule has 1 fully saturated rings. The number of hydrogen-bond donors (Lipinski definition) is 0. The molecule has 0 saturated carbocycles. The van der Waals surface area contributed by atoms with Crippen molar-refractivity contribution in [3.05, 3.63) is 62.5 Å². The molecule has 1 aliphatic rings. The van der Waals surface area contributed by atoms with Crippen molar-refractivity contribution < 1.29 is 19.1 Å². The Kier molecular flexibility index (Phi) is 8.15. The summed E-state index contributed by atoms with van der Waals surface area (Å²) in [6.07, 6.45) is 1.84. The summed E-state index contributed by atoms with van der Waals surface area (Å²) in [6.45, 7) is 8.41. The normalized spacial score (nSPS) is 16.2. The summed E-state index contributed by atoms with van der Waals surface area (Å²) in [5.41, 5.74) is 3.87. The molecular formula is C24H25BrN2O4S. The molecule has 0 atom stereocenters. The van der Waals surface area contributed by atoms with Crippen LogP contribution in [0.3, 0.4) is 0 Å². The third-order valence-electron chi connectivity index (χ3n) is 4.76. The maximum Gasteiger partial charge on any atom is 0.344 e.